The summed E-state index contributed by atoms with van der Waals surface area (Å²) >= 11 is 0. The molecule has 1 aromatic rings. The normalized spacial score (nSPS) is 10.2. The van der Waals surface area contributed by atoms with Crippen LogP contribution in [0.25, 0.3) is 0 Å². The van der Waals surface area contributed by atoms with Gasteiger partial charge < -0.3 is 10.8 Å². The number of carboxylic acid groups (broad SMARTS) is 1. The number of aromatic nitrogens is 2. The molecule has 13 heavy (non-hydrogen) atoms. The van der Waals surface area contributed by atoms with Crippen LogP contribution in [-0.2, 0) is 6.42 Å². The Morgan fingerprint density at radius 1 is 1.69 bits per heavy atom. The molecule has 0 aliphatic carbocycles. The number of nitrogens with one attached hydrogen (secondary N) is 1. The van der Waals surface area contributed by atoms with Crippen LogP contribution in [0.3, 0.4) is 0 Å². The van der Waals surface area contributed by atoms with E-state index in [9.17, 15) is 4.79 Å². The summed E-state index contributed by atoms with van der Waals surface area (Å²) in [6, 6.07) is 0. The number of hydrogen-bond acceptors (Lipinski definition) is 3. The Hall–Kier alpha value is -1.52. The van der Waals surface area contributed by atoms with Gasteiger partial charge in [0.1, 0.15) is 5.56 Å². The van der Waals surface area contributed by atoms with E-state index in [1.807, 2.05) is 6.92 Å². The molecule has 0 spiro atoms. The minimum atomic E-state index is -1.02. The van der Waals surface area contributed by atoms with Crippen molar-refractivity contribution in [3.05, 3.63) is 11.3 Å². The zero-order valence-corrected chi connectivity index (χ0v) is 7.50. The van der Waals surface area contributed by atoms with E-state index in [1.165, 1.54) is 0 Å². The van der Waals surface area contributed by atoms with Gasteiger partial charge in [0, 0.05) is 0 Å². The summed E-state index contributed by atoms with van der Waals surface area (Å²) in [6.45, 7) is 2.04. The molecule has 1 aromatic heterocycles. The topological polar surface area (TPSA) is 92.0 Å². The summed E-state index contributed by atoms with van der Waals surface area (Å²) in [4.78, 5) is 10.7. The van der Waals surface area contributed by atoms with Gasteiger partial charge in [-0.15, -0.1) is 0 Å². The average Bonchev–Trinajstić information content (AvgIpc) is 2.43. The molecular weight excluding hydrogens is 170 g/mol. The number of carboxylic acids is 1. The fourth-order valence-corrected chi connectivity index (χ4v) is 1.17. The van der Waals surface area contributed by atoms with E-state index < -0.39 is 5.97 Å². The van der Waals surface area contributed by atoms with Crippen LogP contribution in [0.1, 0.15) is 35.8 Å². The summed E-state index contributed by atoms with van der Waals surface area (Å²) in [7, 11) is 0. The van der Waals surface area contributed by atoms with Crippen LogP contribution in [0.2, 0.25) is 0 Å². The van der Waals surface area contributed by atoms with Crippen LogP contribution >= 0.6 is 0 Å². The van der Waals surface area contributed by atoms with Crippen LogP contribution < -0.4 is 5.73 Å². The summed E-state index contributed by atoms with van der Waals surface area (Å²) in [6.07, 6.45) is 2.63. The summed E-state index contributed by atoms with van der Waals surface area (Å²) in [5, 5.41) is 15.1. The predicted molar refractivity (Wildman–Crippen MR) is 48.6 cm³/mol. The van der Waals surface area contributed by atoms with Gasteiger partial charge in [0.2, 0.25) is 0 Å². The number of nitrogens with zero attached hydrogens (tertiary/aromatic N) is 1. The molecule has 0 aliphatic rings. The molecule has 5 heteroatoms. The molecule has 72 valence electrons. The van der Waals surface area contributed by atoms with Gasteiger partial charge in [-0.05, 0) is 12.8 Å². The van der Waals surface area contributed by atoms with Crippen molar-refractivity contribution in [3.63, 3.8) is 0 Å². The van der Waals surface area contributed by atoms with Crippen molar-refractivity contribution >= 4 is 11.8 Å². The Bertz CT molecular complexity index is 306. The first-order valence-electron chi connectivity index (χ1n) is 4.22. The number of unbranched alkanes of at least 4 members (excludes halogenated alkanes) is 1. The molecule has 0 radical (unpaired) electrons. The maximum absolute atomic E-state index is 10.7. The monoisotopic (exact) mass is 183 g/mol. The van der Waals surface area contributed by atoms with E-state index >= 15 is 0 Å². The number of H-pyrrole nitrogens is 1. The minimum Gasteiger partial charge on any atom is -0.477 e. The van der Waals surface area contributed by atoms with Gasteiger partial charge >= 0.3 is 5.97 Å². The number of carbonyl (C=O) groups is 1. The van der Waals surface area contributed by atoms with Gasteiger partial charge in [0.15, 0.2) is 5.82 Å². The average molecular weight is 183 g/mol. The van der Waals surface area contributed by atoms with Crippen molar-refractivity contribution in [2.45, 2.75) is 26.2 Å². The maximum Gasteiger partial charge on any atom is 0.341 e. The largest absolute Gasteiger partial charge is 0.477 e. The quantitative estimate of drug-likeness (QED) is 0.650. The van der Waals surface area contributed by atoms with Crippen molar-refractivity contribution in [2.75, 3.05) is 5.73 Å². The minimum absolute atomic E-state index is 0.0682. The lowest BCUT2D eigenvalue weighted by Crippen LogP contribution is -2.03. The standard InChI is InChI=1S/C8H13N3O2/c1-2-3-4-5-6(8(12)13)7(9)11-10-5/h2-4H2,1H3,(H,12,13)(H3,9,10,11). The number of rotatable bonds is 4. The van der Waals surface area contributed by atoms with Gasteiger partial charge in [-0.1, -0.05) is 13.3 Å². The predicted octanol–water partition coefficient (Wildman–Crippen LogP) is 1.03. The number of aromatic amines is 1. The van der Waals surface area contributed by atoms with Crippen LogP contribution in [0.15, 0.2) is 0 Å². The molecule has 0 aromatic carbocycles. The van der Waals surface area contributed by atoms with Crippen molar-refractivity contribution in [1.82, 2.24) is 10.2 Å². The molecule has 1 heterocycles. The van der Waals surface area contributed by atoms with Crippen molar-refractivity contribution < 1.29 is 9.90 Å². The first-order valence-corrected chi connectivity index (χ1v) is 4.22. The van der Waals surface area contributed by atoms with Crippen molar-refractivity contribution in [1.29, 1.82) is 0 Å². The van der Waals surface area contributed by atoms with Gasteiger partial charge in [-0.2, -0.15) is 5.10 Å². The lowest BCUT2D eigenvalue weighted by molar-refractivity contribution is 0.0697. The number of anilines is 1. The van der Waals surface area contributed by atoms with E-state index in [2.05, 4.69) is 10.2 Å². The maximum atomic E-state index is 10.7. The lowest BCUT2D eigenvalue weighted by atomic mass is 10.1. The van der Waals surface area contributed by atoms with Gasteiger partial charge in [-0.3, -0.25) is 5.10 Å². The number of nitrogen functional groups attached to an aromatic ring is 1. The SMILES string of the molecule is CCCCc1[nH]nc(N)c1C(=O)O. The highest BCUT2D eigenvalue weighted by molar-refractivity contribution is 5.93. The van der Waals surface area contributed by atoms with Crippen molar-refractivity contribution in [2.24, 2.45) is 0 Å². The van der Waals surface area contributed by atoms with Gasteiger partial charge in [0.25, 0.3) is 0 Å². The second-order valence-corrected chi connectivity index (χ2v) is 2.87. The number of aromatic carboxylic acids is 1. The molecule has 0 aliphatic heterocycles. The fourth-order valence-electron chi connectivity index (χ4n) is 1.17. The van der Waals surface area contributed by atoms with Crippen LogP contribution in [0, 0.1) is 0 Å². The van der Waals surface area contributed by atoms with Gasteiger partial charge in [0.05, 0.1) is 5.69 Å². The molecule has 0 unspecified atom stereocenters. The molecule has 0 amide bonds. The molecule has 4 N–H and O–H groups in total. The number of nitrogens with two attached hydrogens (primary N) is 1. The Kier molecular flexibility index (Phi) is 2.89. The summed E-state index contributed by atoms with van der Waals surface area (Å²) in [5.41, 5.74) is 6.13. The Labute approximate surface area is 75.9 Å². The van der Waals surface area contributed by atoms with Crippen LogP contribution in [0.5, 0.6) is 0 Å². The molecule has 1 rings (SSSR count). The highest BCUT2D eigenvalue weighted by Crippen LogP contribution is 2.15. The van der Waals surface area contributed by atoms with Crippen LogP contribution in [0.4, 0.5) is 5.82 Å². The molecular formula is C8H13N3O2. The van der Waals surface area contributed by atoms with E-state index in [-0.39, 0.29) is 11.4 Å². The zero-order valence-electron chi connectivity index (χ0n) is 7.50. The highest BCUT2D eigenvalue weighted by atomic mass is 16.4. The molecule has 5 nitrogen and oxygen atoms in total. The first-order chi connectivity index (χ1) is 6.16. The van der Waals surface area contributed by atoms with E-state index in [0.717, 1.165) is 12.8 Å². The van der Waals surface area contributed by atoms with Crippen LogP contribution in [-0.4, -0.2) is 21.3 Å². The van der Waals surface area contributed by atoms with Crippen molar-refractivity contribution in [3.8, 4) is 0 Å². The molecule has 0 saturated heterocycles. The summed E-state index contributed by atoms with van der Waals surface area (Å²) in [5.74, 6) is -0.948. The number of aryl methyl sites for hydroxylation is 1. The summed E-state index contributed by atoms with van der Waals surface area (Å²) < 4.78 is 0. The Morgan fingerprint density at radius 3 is 2.92 bits per heavy atom. The smallest absolute Gasteiger partial charge is 0.341 e. The highest BCUT2D eigenvalue weighted by Gasteiger charge is 2.16. The third-order valence-corrected chi connectivity index (χ3v) is 1.86. The lowest BCUT2D eigenvalue weighted by Gasteiger charge is -1.97. The molecule has 0 bridgehead atoms. The third kappa shape index (κ3) is 1.99. The molecule has 0 fully saturated rings. The number of hydrogen-bond donors (Lipinski definition) is 3. The first kappa shape index (κ1) is 9.57. The Morgan fingerprint density at radius 2 is 2.38 bits per heavy atom. The Balaban J connectivity index is 2.87. The van der Waals surface area contributed by atoms with Gasteiger partial charge in [-0.25, -0.2) is 4.79 Å². The zero-order chi connectivity index (χ0) is 9.84. The molecule has 0 atom stereocenters. The van der Waals surface area contributed by atoms with E-state index in [4.69, 9.17) is 10.8 Å². The van der Waals surface area contributed by atoms with E-state index in [1.54, 1.807) is 0 Å². The second kappa shape index (κ2) is 3.93. The van der Waals surface area contributed by atoms with E-state index in [0.29, 0.717) is 12.1 Å². The molecule has 0 saturated carbocycles. The third-order valence-electron chi connectivity index (χ3n) is 1.86. The fraction of sp³-hybridized carbons (Fsp3) is 0.500. The second-order valence-electron chi connectivity index (χ2n) is 2.87.